The smallest absolute Gasteiger partial charge is 0.300 e. The molecule has 116 valence electrons. The van der Waals surface area contributed by atoms with Crippen molar-refractivity contribution < 1.29 is 35.3 Å². The maximum Gasteiger partial charge on any atom is 0.300 e. The minimum atomic E-state index is -5.47. The van der Waals surface area contributed by atoms with Crippen molar-refractivity contribution in [2.45, 2.75) is 18.4 Å². The van der Waals surface area contributed by atoms with Gasteiger partial charge in [-0.2, -0.15) is 8.42 Å². The summed E-state index contributed by atoms with van der Waals surface area (Å²) >= 11 is 0. The lowest BCUT2D eigenvalue weighted by atomic mass is 10.2. The van der Waals surface area contributed by atoms with Gasteiger partial charge in [-0.05, 0) is 12.5 Å². The van der Waals surface area contributed by atoms with Crippen molar-refractivity contribution in [1.82, 2.24) is 0 Å². The van der Waals surface area contributed by atoms with Crippen LogP contribution in [0.3, 0.4) is 0 Å². The molecule has 0 bridgehead atoms. The maximum atomic E-state index is 13.6. The van der Waals surface area contributed by atoms with Crippen LogP contribution in [-0.2, 0) is 21.5 Å². The van der Waals surface area contributed by atoms with Gasteiger partial charge in [0.2, 0.25) is 0 Å². The summed E-state index contributed by atoms with van der Waals surface area (Å²) in [4.78, 5) is -2.10. The van der Waals surface area contributed by atoms with Gasteiger partial charge in [0.25, 0.3) is 0 Å². The Labute approximate surface area is 118 Å². The van der Waals surface area contributed by atoms with Crippen molar-refractivity contribution in [3.8, 4) is 0 Å². The van der Waals surface area contributed by atoms with E-state index in [0.717, 1.165) is 0 Å². The Morgan fingerprint density at radius 2 is 1.52 bits per heavy atom. The van der Waals surface area contributed by atoms with Crippen LogP contribution in [0.4, 0.5) is 17.6 Å². The molecule has 1 rings (SSSR count). The van der Waals surface area contributed by atoms with Gasteiger partial charge in [0.05, 0.1) is 5.56 Å². The van der Waals surface area contributed by atoms with E-state index in [2.05, 4.69) is 13.2 Å². The molecule has 0 amide bonds. The summed E-state index contributed by atoms with van der Waals surface area (Å²) in [7, 11) is -5.47. The van der Waals surface area contributed by atoms with E-state index < -0.39 is 50.5 Å². The van der Waals surface area contributed by atoms with Gasteiger partial charge in [-0.15, -0.1) is 0 Å². The number of rotatable bonds is 5. The summed E-state index contributed by atoms with van der Waals surface area (Å²) in [6.45, 7) is 7.29. The highest BCUT2D eigenvalue weighted by Gasteiger charge is 2.32. The van der Waals surface area contributed by atoms with Crippen LogP contribution >= 0.6 is 0 Å². The number of allylic oxidation sites excluding steroid dienone is 1. The van der Waals surface area contributed by atoms with E-state index in [-0.39, 0.29) is 5.76 Å². The summed E-state index contributed by atoms with van der Waals surface area (Å²) in [6.07, 6.45) is 0. The van der Waals surface area contributed by atoms with E-state index in [4.69, 9.17) is 9.29 Å². The van der Waals surface area contributed by atoms with E-state index in [9.17, 15) is 26.0 Å². The summed E-state index contributed by atoms with van der Waals surface area (Å²) in [5, 5.41) is 0. The number of benzene rings is 1. The molecule has 9 heteroatoms. The normalized spacial score (nSPS) is 11.3. The van der Waals surface area contributed by atoms with Crippen LogP contribution in [0.5, 0.6) is 0 Å². The van der Waals surface area contributed by atoms with E-state index in [1.54, 1.807) is 0 Å². The lowest BCUT2D eigenvalue weighted by Crippen LogP contribution is -2.13. The molecule has 1 aromatic carbocycles. The van der Waals surface area contributed by atoms with Gasteiger partial charge in [0.1, 0.15) is 12.4 Å². The molecule has 0 heterocycles. The van der Waals surface area contributed by atoms with Gasteiger partial charge >= 0.3 is 10.1 Å². The highest BCUT2D eigenvalue weighted by molar-refractivity contribution is 7.85. The van der Waals surface area contributed by atoms with Crippen molar-refractivity contribution in [3.63, 3.8) is 0 Å². The number of hydrogen-bond acceptors (Lipinski definition) is 3. The molecular formula is C12H10F4O4S. The van der Waals surface area contributed by atoms with Crippen molar-refractivity contribution in [2.24, 2.45) is 0 Å². The maximum absolute atomic E-state index is 13.6. The zero-order chi connectivity index (χ0) is 16.5. The molecule has 0 aliphatic carbocycles. The van der Waals surface area contributed by atoms with Gasteiger partial charge in [-0.3, -0.25) is 4.55 Å². The molecule has 0 atom stereocenters. The van der Waals surface area contributed by atoms with Crippen LogP contribution in [0.25, 0.3) is 0 Å². The quantitative estimate of drug-likeness (QED) is 0.297. The van der Waals surface area contributed by atoms with Gasteiger partial charge in [0, 0.05) is 0 Å². The predicted octanol–water partition coefficient (Wildman–Crippen LogP) is 3.10. The zero-order valence-corrected chi connectivity index (χ0v) is 11.5. The molecular weight excluding hydrogens is 316 g/mol. The third-order valence-corrected chi connectivity index (χ3v) is 3.31. The second-order valence-corrected chi connectivity index (χ2v) is 5.39. The van der Waals surface area contributed by atoms with E-state index in [1.807, 2.05) is 0 Å². The standard InChI is InChI=1S/C12H10F4O4S/c1-5(2)6(3)20-4-7-8(13)10(15)12(21(17,18)19)11(16)9(7)14/h1,3-4H2,2H3,(H,17,18,19). The van der Waals surface area contributed by atoms with Crippen LogP contribution in [0.2, 0.25) is 0 Å². The Morgan fingerprint density at radius 3 is 1.86 bits per heavy atom. The highest BCUT2D eigenvalue weighted by atomic mass is 32.2. The zero-order valence-electron chi connectivity index (χ0n) is 10.7. The second kappa shape index (κ2) is 5.86. The SMILES string of the molecule is C=C(C)C(=C)OCc1c(F)c(F)c(S(=O)(=O)O)c(F)c1F. The number of halogens is 4. The number of ether oxygens (including phenoxy) is 1. The van der Waals surface area contributed by atoms with Gasteiger partial charge < -0.3 is 4.74 Å². The van der Waals surface area contributed by atoms with Crippen LogP contribution < -0.4 is 0 Å². The largest absolute Gasteiger partial charge is 0.489 e. The number of hydrogen-bond donors (Lipinski definition) is 1. The first-order valence-corrected chi connectivity index (χ1v) is 6.72. The Balaban J connectivity index is 3.39. The first kappa shape index (κ1) is 17.2. The molecule has 0 radical (unpaired) electrons. The molecule has 1 N–H and O–H groups in total. The third-order valence-electron chi connectivity index (χ3n) is 2.44. The average molecular weight is 326 g/mol. The Morgan fingerprint density at radius 1 is 1.10 bits per heavy atom. The fourth-order valence-electron chi connectivity index (χ4n) is 1.29. The van der Waals surface area contributed by atoms with Gasteiger partial charge in [0.15, 0.2) is 28.2 Å². The van der Waals surface area contributed by atoms with E-state index >= 15 is 0 Å². The fraction of sp³-hybridized carbons (Fsp3) is 0.167. The molecule has 21 heavy (non-hydrogen) atoms. The summed E-state index contributed by atoms with van der Waals surface area (Å²) in [5.41, 5.74) is -0.869. The molecule has 0 spiro atoms. The van der Waals surface area contributed by atoms with Gasteiger partial charge in [-0.25, -0.2) is 17.6 Å². The fourth-order valence-corrected chi connectivity index (χ4v) is 1.92. The van der Waals surface area contributed by atoms with Crippen molar-refractivity contribution in [3.05, 3.63) is 53.3 Å². The van der Waals surface area contributed by atoms with Crippen LogP contribution in [0.1, 0.15) is 12.5 Å². The summed E-state index contributed by atoms with van der Waals surface area (Å²) < 4.78 is 88.9. The topological polar surface area (TPSA) is 63.6 Å². The monoisotopic (exact) mass is 326 g/mol. The molecule has 0 saturated heterocycles. The average Bonchev–Trinajstić information content (AvgIpc) is 2.34. The Bertz CT molecular complexity index is 696. The lowest BCUT2D eigenvalue weighted by molar-refractivity contribution is 0.196. The molecule has 0 aliphatic rings. The summed E-state index contributed by atoms with van der Waals surface area (Å²) in [5.74, 6) is -8.53. The van der Waals surface area contributed by atoms with Crippen molar-refractivity contribution in [1.29, 1.82) is 0 Å². The van der Waals surface area contributed by atoms with Crippen molar-refractivity contribution in [2.75, 3.05) is 0 Å². The Hall–Kier alpha value is -1.87. The summed E-state index contributed by atoms with van der Waals surface area (Å²) in [6, 6.07) is 0. The molecule has 4 nitrogen and oxygen atoms in total. The first-order chi connectivity index (χ1) is 9.48. The second-order valence-electron chi connectivity index (χ2n) is 4.03. The Kier molecular flexibility index (Phi) is 4.79. The first-order valence-electron chi connectivity index (χ1n) is 5.28. The van der Waals surface area contributed by atoms with Crippen molar-refractivity contribution >= 4 is 10.1 Å². The molecule has 0 fully saturated rings. The highest BCUT2D eigenvalue weighted by Crippen LogP contribution is 2.28. The van der Waals surface area contributed by atoms with Crippen LogP contribution in [0, 0.1) is 23.3 Å². The molecule has 0 unspecified atom stereocenters. The van der Waals surface area contributed by atoms with E-state index in [1.165, 1.54) is 6.92 Å². The predicted molar refractivity (Wildman–Crippen MR) is 64.8 cm³/mol. The third kappa shape index (κ3) is 3.42. The van der Waals surface area contributed by atoms with Gasteiger partial charge in [-0.1, -0.05) is 13.2 Å². The minimum Gasteiger partial charge on any atom is -0.489 e. The molecule has 0 aromatic heterocycles. The lowest BCUT2D eigenvalue weighted by Gasteiger charge is -2.12. The molecule has 0 aliphatic heterocycles. The molecule has 1 aromatic rings. The van der Waals surface area contributed by atoms with Crippen LogP contribution in [-0.4, -0.2) is 13.0 Å². The molecule has 0 saturated carbocycles. The van der Waals surface area contributed by atoms with Crippen LogP contribution in [0.15, 0.2) is 29.4 Å². The van der Waals surface area contributed by atoms with E-state index in [0.29, 0.717) is 5.57 Å². The minimum absolute atomic E-state index is 0.0755.